The third-order valence-electron chi connectivity index (χ3n) is 6.83. The molecule has 35 heavy (non-hydrogen) atoms. The second-order valence-corrected chi connectivity index (χ2v) is 10.9. The average Bonchev–Trinajstić information content (AvgIpc) is 3.60. The number of thiophene rings is 1. The Balaban J connectivity index is 1.39. The average molecular weight is 483 g/mol. The van der Waals surface area contributed by atoms with Crippen molar-refractivity contribution in [3.63, 3.8) is 0 Å². The molecule has 0 spiro atoms. The summed E-state index contributed by atoms with van der Waals surface area (Å²) in [7, 11) is 0. The summed E-state index contributed by atoms with van der Waals surface area (Å²) in [5.41, 5.74) is 5.90. The molecule has 0 amide bonds. The molecule has 3 heterocycles. The summed E-state index contributed by atoms with van der Waals surface area (Å²) in [4.78, 5) is 5.20. The highest BCUT2D eigenvalue weighted by Gasteiger charge is 2.16. The van der Waals surface area contributed by atoms with E-state index in [9.17, 15) is 0 Å². The number of thiazole rings is 1. The third-order valence-corrected chi connectivity index (χ3v) is 9.04. The first kappa shape index (κ1) is 19.3. The van der Waals surface area contributed by atoms with E-state index in [1.165, 1.54) is 57.9 Å². The molecule has 0 aliphatic carbocycles. The summed E-state index contributed by atoms with van der Waals surface area (Å²) >= 11 is 3.63. The van der Waals surface area contributed by atoms with E-state index >= 15 is 0 Å². The molecule has 0 unspecified atom stereocenters. The van der Waals surface area contributed by atoms with Crippen molar-refractivity contribution in [3.8, 4) is 16.3 Å². The van der Waals surface area contributed by atoms with Crippen molar-refractivity contribution >= 4 is 74.9 Å². The molecule has 5 aromatic carbocycles. The van der Waals surface area contributed by atoms with E-state index in [0.717, 1.165) is 10.5 Å². The smallest absolute Gasteiger partial charge is 0.124 e. The molecule has 0 radical (unpaired) electrons. The fraction of sp³-hybridized carbons (Fsp3) is 0. The standard InChI is InChI=1S/C31H18N2S2/c1-2-8-20(9-3-1)33-24-12-6-4-10-21(24)23-18-19(14-15-25(23)33)31-32-30-28(35-31)17-16-27-29(30)22-11-5-7-13-26(22)34-27/h1-18H. The molecule has 0 saturated heterocycles. The Bertz CT molecular complexity index is 2060. The van der Waals surface area contributed by atoms with E-state index in [0.29, 0.717) is 0 Å². The first-order chi connectivity index (χ1) is 17.3. The second-order valence-electron chi connectivity index (χ2n) is 8.82. The second kappa shape index (κ2) is 7.25. The lowest BCUT2D eigenvalue weighted by Gasteiger charge is -2.07. The summed E-state index contributed by atoms with van der Waals surface area (Å²) in [6.45, 7) is 0. The molecule has 4 heteroatoms. The summed E-state index contributed by atoms with van der Waals surface area (Å²) < 4.78 is 6.22. The Hall–Kier alpha value is -3.99. The molecule has 8 aromatic rings. The van der Waals surface area contributed by atoms with Gasteiger partial charge in [-0.05, 0) is 54.6 Å². The summed E-state index contributed by atoms with van der Waals surface area (Å²) in [5, 5.41) is 6.18. The predicted molar refractivity (Wildman–Crippen MR) is 152 cm³/mol. The van der Waals surface area contributed by atoms with E-state index in [1.807, 2.05) is 11.3 Å². The van der Waals surface area contributed by atoms with Gasteiger partial charge in [-0.25, -0.2) is 4.98 Å². The maximum atomic E-state index is 5.20. The largest absolute Gasteiger partial charge is 0.309 e. The van der Waals surface area contributed by atoms with Gasteiger partial charge in [-0.3, -0.25) is 0 Å². The van der Waals surface area contributed by atoms with Gasteiger partial charge < -0.3 is 4.57 Å². The SMILES string of the molecule is c1ccc(-n2c3ccccc3c3cc(-c4nc5c(ccc6sc7ccccc7c65)s4)ccc32)cc1. The topological polar surface area (TPSA) is 17.8 Å². The van der Waals surface area contributed by atoms with Crippen LogP contribution in [0.2, 0.25) is 0 Å². The van der Waals surface area contributed by atoms with Crippen LogP contribution < -0.4 is 0 Å². The van der Waals surface area contributed by atoms with Crippen molar-refractivity contribution in [2.24, 2.45) is 0 Å². The van der Waals surface area contributed by atoms with Gasteiger partial charge in [-0.15, -0.1) is 22.7 Å². The number of fused-ring (bicyclic) bond motifs is 8. The molecule has 164 valence electrons. The van der Waals surface area contributed by atoms with Crippen LogP contribution in [0.5, 0.6) is 0 Å². The first-order valence-corrected chi connectivity index (χ1v) is 13.3. The Kier molecular flexibility index (Phi) is 4.01. The molecule has 0 aliphatic rings. The van der Waals surface area contributed by atoms with Crippen molar-refractivity contribution < 1.29 is 0 Å². The predicted octanol–water partition coefficient (Wildman–Crippen LogP) is 9.43. The third kappa shape index (κ3) is 2.78. The van der Waals surface area contributed by atoms with Gasteiger partial charge in [-0.2, -0.15) is 0 Å². The van der Waals surface area contributed by atoms with E-state index in [-0.39, 0.29) is 0 Å². The lowest BCUT2D eigenvalue weighted by atomic mass is 10.1. The normalized spacial score (nSPS) is 12.0. The van der Waals surface area contributed by atoms with Crippen LogP contribution in [0.1, 0.15) is 0 Å². The van der Waals surface area contributed by atoms with Gasteiger partial charge in [0.05, 0.1) is 21.3 Å². The zero-order chi connectivity index (χ0) is 22.9. The van der Waals surface area contributed by atoms with Crippen LogP contribution in [0.15, 0.2) is 109 Å². The number of rotatable bonds is 2. The number of aromatic nitrogens is 2. The molecule has 0 atom stereocenters. The van der Waals surface area contributed by atoms with E-state index in [2.05, 4.69) is 114 Å². The monoisotopic (exact) mass is 482 g/mol. The van der Waals surface area contributed by atoms with Gasteiger partial charge in [0.2, 0.25) is 0 Å². The molecule has 2 nitrogen and oxygen atoms in total. The van der Waals surface area contributed by atoms with Gasteiger partial charge in [0.1, 0.15) is 5.01 Å². The van der Waals surface area contributed by atoms with Crippen molar-refractivity contribution in [3.05, 3.63) is 109 Å². The number of para-hydroxylation sites is 2. The molecule has 8 rings (SSSR count). The molecule has 3 aromatic heterocycles. The molecule has 0 fully saturated rings. The minimum Gasteiger partial charge on any atom is -0.309 e. The maximum absolute atomic E-state index is 5.20. The highest BCUT2D eigenvalue weighted by atomic mass is 32.1. The van der Waals surface area contributed by atoms with Crippen LogP contribution in [0.25, 0.3) is 68.5 Å². The molecule has 0 saturated carbocycles. The van der Waals surface area contributed by atoms with Crippen LogP contribution in [-0.4, -0.2) is 9.55 Å². The van der Waals surface area contributed by atoms with Gasteiger partial charge >= 0.3 is 0 Å². The molecule has 0 bridgehead atoms. The number of nitrogens with zero attached hydrogens (tertiary/aromatic N) is 2. The summed E-state index contributed by atoms with van der Waals surface area (Å²) in [5.74, 6) is 0. The maximum Gasteiger partial charge on any atom is 0.124 e. The van der Waals surface area contributed by atoms with Gasteiger partial charge in [0, 0.05) is 42.2 Å². The Morgan fingerprint density at radius 1 is 0.543 bits per heavy atom. The van der Waals surface area contributed by atoms with Crippen molar-refractivity contribution in [2.75, 3.05) is 0 Å². The Morgan fingerprint density at radius 2 is 1.29 bits per heavy atom. The molecular weight excluding hydrogens is 464 g/mol. The van der Waals surface area contributed by atoms with Gasteiger partial charge in [0.25, 0.3) is 0 Å². The fourth-order valence-electron chi connectivity index (χ4n) is 5.29. The number of hydrogen-bond acceptors (Lipinski definition) is 3. The van der Waals surface area contributed by atoms with Gasteiger partial charge in [0.15, 0.2) is 0 Å². The summed E-state index contributed by atoms with van der Waals surface area (Å²) in [6.07, 6.45) is 0. The first-order valence-electron chi connectivity index (χ1n) is 11.6. The fourth-order valence-corrected chi connectivity index (χ4v) is 7.36. The van der Waals surface area contributed by atoms with Crippen molar-refractivity contribution in [1.29, 1.82) is 0 Å². The molecule has 0 N–H and O–H groups in total. The molecule has 0 aliphatic heterocycles. The van der Waals surface area contributed by atoms with Crippen LogP contribution >= 0.6 is 22.7 Å². The Labute approximate surface area is 209 Å². The van der Waals surface area contributed by atoms with Crippen molar-refractivity contribution in [2.45, 2.75) is 0 Å². The van der Waals surface area contributed by atoms with Crippen LogP contribution in [0, 0.1) is 0 Å². The number of hydrogen-bond donors (Lipinski definition) is 0. The van der Waals surface area contributed by atoms with E-state index in [4.69, 9.17) is 4.98 Å². The van der Waals surface area contributed by atoms with Gasteiger partial charge in [-0.1, -0.05) is 54.6 Å². The van der Waals surface area contributed by atoms with Crippen LogP contribution in [0.4, 0.5) is 0 Å². The minimum absolute atomic E-state index is 1.07. The van der Waals surface area contributed by atoms with E-state index in [1.54, 1.807) is 11.3 Å². The van der Waals surface area contributed by atoms with Crippen molar-refractivity contribution in [1.82, 2.24) is 9.55 Å². The highest BCUT2D eigenvalue weighted by Crippen LogP contribution is 2.42. The minimum atomic E-state index is 1.07. The lowest BCUT2D eigenvalue weighted by Crippen LogP contribution is -1.92. The zero-order valence-corrected chi connectivity index (χ0v) is 20.2. The van der Waals surface area contributed by atoms with Crippen LogP contribution in [0.3, 0.4) is 0 Å². The quantitative estimate of drug-likeness (QED) is 0.240. The number of benzene rings is 5. The zero-order valence-electron chi connectivity index (χ0n) is 18.6. The van der Waals surface area contributed by atoms with Crippen LogP contribution in [-0.2, 0) is 0 Å². The van der Waals surface area contributed by atoms with E-state index < -0.39 is 0 Å². The lowest BCUT2D eigenvalue weighted by molar-refractivity contribution is 1.18. The molecular formula is C31H18N2S2. The highest BCUT2D eigenvalue weighted by molar-refractivity contribution is 7.26. The Morgan fingerprint density at radius 3 is 2.20 bits per heavy atom. The summed E-state index contributed by atoms with van der Waals surface area (Å²) in [6, 6.07) is 39.2.